The highest BCUT2D eigenvalue weighted by atomic mass is 16.2. The number of nitrogens with one attached hydrogen (secondary N) is 1. The van der Waals surface area contributed by atoms with Crippen LogP contribution in [0.25, 0.3) is 0 Å². The number of hydrogen-bond donors (Lipinski definition) is 1. The quantitative estimate of drug-likeness (QED) is 0.884. The number of amides is 1. The van der Waals surface area contributed by atoms with E-state index in [-0.39, 0.29) is 5.91 Å². The fourth-order valence-electron chi connectivity index (χ4n) is 3.36. The average molecular weight is 273 g/mol. The third-order valence-electron chi connectivity index (χ3n) is 4.50. The fourth-order valence-corrected chi connectivity index (χ4v) is 3.36. The van der Waals surface area contributed by atoms with E-state index in [4.69, 9.17) is 0 Å². The molecule has 0 atom stereocenters. The Hall–Kier alpha value is -1.55. The van der Waals surface area contributed by atoms with Gasteiger partial charge in [-0.3, -0.25) is 9.69 Å². The average Bonchev–Trinajstić information content (AvgIpc) is 2.48. The molecule has 108 valence electrons. The van der Waals surface area contributed by atoms with Gasteiger partial charge in [0, 0.05) is 37.9 Å². The normalized spacial score (nSPS) is 21.9. The molecule has 2 aliphatic rings. The van der Waals surface area contributed by atoms with Crippen molar-refractivity contribution in [2.45, 2.75) is 25.8 Å². The Morgan fingerprint density at radius 2 is 1.90 bits per heavy atom. The molecule has 4 heteroatoms. The first-order chi connectivity index (χ1) is 9.74. The van der Waals surface area contributed by atoms with Crippen LogP contribution < -0.4 is 10.2 Å². The second kappa shape index (κ2) is 5.83. The van der Waals surface area contributed by atoms with Crippen molar-refractivity contribution >= 4 is 11.6 Å². The lowest BCUT2D eigenvalue weighted by atomic mass is 10.0. The monoisotopic (exact) mass is 273 g/mol. The van der Waals surface area contributed by atoms with Crippen LogP contribution in [0.1, 0.15) is 18.4 Å². The summed E-state index contributed by atoms with van der Waals surface area (Å²) < 4.78 is 0. The Balaban J connectivity index is 1.59. The van der Waals surface area contributed by atoms with Gasteiger partial charge < -0.3 is 10.2 Å². The number of benzene rings is 1. The first kappa shape index (κ1) is 13.4. The molecule has 2 saturated heterocycles. The van der Waals surface area contributed by atoms with E-state index < -0.39 is 0 Å². The molecule has 0 saturated carbocycles. The lowest BCUT2D eigenvalue weighted by Gasteiger charge is -2.41. The Labute approximate surface area is 120 Å². The largest absolute Gasteiger partial charge is 0.371 e. The van der Waals surface area contributed by atoms with Crippen LogP contribution in [0.15, 0.2) is 24.3 Å². The van der Waals surface area contributed by atoms with Crippen molar-refractivity contribution in [3.8, 4) is 0 Å². The van der Waals surface area contributed by atoms with Crippen molar-refractivity contribution in [3.05, 3.63) is 29.8 Å². The lowest BCUT2D eigenvalue weighted by Crippen LogP contribution is -2.54. The summed E-state index contributed by atoms with van der Waals surface area (Å²) in [7, 11) is 0. The van der Waals surface area contributed by atoms with E-state index in [0.29, 0.717) is 12.6 Å². The number of piperazine rings is 1. The minimum absolute atomic E-state index is 0.178. The Bertz CT molecular complexity index is 480. The smallest absolute Gasteiger partial charge is 0.234 e. The fraction of sp³-hybridized carbons (Fsp3) is 0.562. The molecule has 0 aromatic heterocycles. The Morgan fingerprint density at radius 3 is 2.60 bits per heavy atom. The predicted molar refractivity (Wildman–Crippen MR) is 81.0 cm³/mol. The standard InChI is InChI=1S/C16H23N3O/c1-13-4-2-3-5-15(13)18-9-6-14(7-10-18)19-11-8-17-16(20)12-19/h2-5,14H,6-12H2,1H3,(H,17,20). The first-order valence-corrected chi connectivity index (χ1v) is 7.55. The summed E-state index contributed by atoms with van der Waals surface area (Å²) in [6.45, 7) is 6.74. The minimum atomic E-state index is 0.178. The molecule has 1 aromatic rings. The second-order valence-corrected chi connectivity index (χ2v) is 5.83. The Kier molecular flexibility index (Phi) is 3.92. The predicted octanol–water partition coefficient (Wildman–Crippen LogP) is 1.40. The highest BCUT2D eigenvalue weighted by Crippen LogP contribution is 2.25. The Morgan fingerprint density at radius 1 is 1.15 bits per heavy atom. The summed E-state index contributed by atoms with van der Waals surface area (Å²) >= 11 is 0. The molecule has 1 aromatic carbocycles. The van der Waals surface area contributed by atoms with E-state index in [0.717, 1.165) is 39.0 Å². The van der Waals surface area contributed by atoms with Crippen LogP contribution in [0.3, 0.4) is 0 Å². The van der Waals surface area contributed by atoms with Crippen LogP contribution in [0.2, 0.25) is 0 Å². The first-order valence-electron chi connectivity index (χ1n) is 7.55. The number of hydrogen-bond acceptors (Lipinski definition) is 3. The summed E-state index contributed by atoms with van der Waals surface area (Å²) in [4.78, 5) is 16.3. The van der Waals surface area contributed by atoms with Crippen molar-refractivity contribution in [1.82, 2.24) is 10.2 Å². The van der Waals surface area contributed by atoms with E-state index in [1.807, 2.05) is 0 Å². The summed E-state index contributed by atoms with van der Waals surface area (Å²) in [5.74, 6) is 0.178. The molecule has 0 radical (unpaired) electrons. The van der Waals surface area contributed by atoms with Gasteiger partial charge in [0.15, 0.2) is 0 Å². The third kappa shape index (κ3) is 2.80. The van der Waals surface area contributed by atoms with Gasteiger partial charge >= 0.3 is 0 Å². The van der Waals surface area contributed by atoms with Gasteiger partial charge in [0.05, 0.1) is 6.54 Å². The van der Waals surface area contributed by atoms with Gasteiger partial charge in [0.25, 0.3) is 0 Å². The summed E-state index contributed by atoms with van der Waals surface area (Å²) in [6, 6.07) is 9.17. The SMILES string of the molecule is Cc1ccccc1N1CCC(N2CCNC(=O)C2)CC1. The van der Waals surface area contributed by atoms with Crippen molar-refractivity contribution in [2.75, 3.05) is 37.6 Å². The van der Waals surface area contributed by atoms with Crippen molar-refractivity contribution in [1.29, 1.82) is 0 Å². The maximum atomic E-state index is 11.5. The summed E-state index contributed by atoms with van der Waals surface area (Å²) in [5.41, 5.74) is 2.71. The van der Waals surface area contributed by atoms with Crippen molar-refractivity contribution < 1.29 is 4.79 Å². The molecular weight excluding hydrogens is 250 g/mol. The molecule has 1 amide bonds. The van der Waals surface area contributed by atoms with Gasteiger partial charge in [-0.2, -0.15) is 0 Å². The molecule has 0 spiro atoms. The summed E-state index contributed by atoms with van der Waals surface area (Å²) in [6.07, 6.45) is 2.31. The molecule has 0 bridgehead atoms. The number of anilines is 1. The van der Waals surface area contributed by atoms with Crippen LogP contribution in [0, 0.1) is 6.92 Å². The van der Waals surface area contributed by atoms with E-state index in [2.05, 4.69) is 46.3 Å². The topological polar surface area (TPSA) is 35.6 Å². The highest BCUT2D eigenvalue weighted by Gasteiger charge is 2.28. The third-order valence-corrected chi connectivity index (χ3v) is 4.50. The van der Waals surface area contributed by atoms with E-state index >= 15 is 0 Å². The van der Waals surface area contributed by atoms with Crippen molar-refractivity contribution in [3.63, 3.8) is 0 Å². The maximum Gasteiger partial charge on any atom is 0.234 e. The molecular formula is C16H23N3O. The van der Waals surface area contributed by atoms with E-state index in [1.165, 1.54) is 11.3 Å². The minimum Gasteiger partial charge on any atom is -0.371 e. The molecule has 2 heterocycles. The molecule has 1 N–H and O–H groups in total. The molecule has 4 nitrogen and oxygen atoms in total. The molecule has 2 aliphatic heterocycles. The number of para-hydroxylation sites is 1. The van der Waals surface area contributed by atoms with Gasteiger partial charge in [-0.15, -0.1) is 0 Å². The van der Waals surface area contributed by atoms with Gasteiger partial charge in [0.2, 0.25) is 5.91 Å². The van der Waals surface area contributed by atoms with E-state index in [9.17, 15) is 4.79 Å². The number of aryl methyl sites for hydroxylation is 1. The van der Waals surface area contributed by atoms with Crippen LogP contribution >= 0.6 is 0 Å². The molecule has 3 rings (SSSR count). The molecule has 2 fully saturated rings. The van der Waals surface area contributed by atoms with Gasteiger partial charge in [-0.25, -0.2) is 0 Å². The molecule has 20 heavy (non-hydrogen) atoms. The second-order valence-electron chi connectivity index (χ2n) is 5.83. The zero-order chi connectivity index (χ0) is 13.9. The number of piperidine rings is 1. The molecule has 0 unspecified atom stereocenters. The van der Waals surface area contributed by atoms with Crippen LogP contribution in [-0.4, -0.2) is 49.6 Å². The zero-order valence-corrected chi connectivity index (χ0v) is 12.1. The van der Waals surface area contributed by atoms with Gasteiger partial charge in [0.1, 0.15) is 0 Å². The number of carbonyl (C=O) groups is 1. The highest BCUT2D eigenvalue weighted by molar-refractivity contribution is 5.78. The lowest BCUT2D eigenvalue weighted by molar-refractivity contribution is -0.125. The number of carbonyl (C=O) groups excluding carboxylic acids is 1. The number of nitrogens with zero attached hydrogens (tertiary/aromatic N) is 2. The van der Waals surface area contributed by atoms with E-state index in [1.54, 1.807) is 0 Å². The van der Waals surface area contributed by atoms with Gasteiger partial charge in [-0.05, 0) is 31.4 Å². The van der Waals surface area contributed by atoms with Crippen LogP contribution in [-0.2, 0) is 4.79 Å². The van der Waals surface area contributed by atoms with Crippen LogP contribution in [0.4, 0.5) is 5.69 Å². The van der Waals surface area contributed by atoms with Gasteiger partial charge in [-0.1, -0.05) is 18.2 Å². The summed E-state index contributed by atoms with van der Waals surface area (Å²) in [5, 5.41) is 2.90. The zero-order valence-electron chi connectivity index (χ0n) is 12.1. The van der Waals surface area contributed by atoms with Crippen LogP contribution in [0.5, 0.6) is 0 Å². The molecule has 0 aliphatic carbocycles. The maximum absolute atomic E-state index is 11.5. The van der Waals surface area contributed by atoms with Crippen molar-refractivity contribution in [2.24, 2.45) is 0 Å². The number of rotatable bonds is 2.